The van der Waals surface area contributed by atoms with Crippen LogP contribution in [0.15, 0.2) is 48.6 Å². The molecule has 1 aliphatic carbocycles. The van der Waals surface area contributed by atoms with Crippen LogP contribution in [0.5, 0.6) is 5.75 Å². The first-order valence-electron chi connectivity index (χ1n) is 14.9. The minimum Gasteiger partial charge on any atom is -0.487 e. The summed E-state index contributed by atoms with van der Waals surface area (Å²) in [5.74, 6) is 0.313. The quantitative estimate of drug-likeness (QED) is 0.443. The molecule has 2 aromatic carbocycles. The van der Waals surface area contributed by atoms with Gasteiger partial charge in [0.05, 0.1) is 17.9 Å². The second-order valence-corrected chi connectivity index (χ2v) is 14.0. The maximum atomic E-state index is 13.4. The topological polar surface area (TPSA) is 105 Å². The highest BCUT2D eigenvalue weighted by Gasteiger charge is 2.38. The van der Waals surface area contributed by atoms with Crippen LogP contribution in [0.1, 0.15) is 66.9 Å². The Morgan fingerprint density at radius 1 is 1.14 bits per heavy atom. The summed E-state index contributed by atoms with van der Waals surface area (Å²) in [7, 11) is -2.59. The van der Waals surface area contributed by atoms with E-state index in [1.54, 1.807) is 31.2 Å². The van der Waals surface area contributed by atoms with Crippen molar-refractivity contribution in [1.82, 2.24) is 4.72 Å². The molecule has 3 aliphatic rings. The van der Waals surface area contributed by atoms with Gasteiger partial charge in [-0.05, 0) is 98.2 Å². The number of carbonyl (C=O) groups is 1. The Bertz CT molecular complexity index is 1410. The third-order valence-corrected chi connectivity index (χ3v) is 11.2. The van der Waals surface area contributed by atoms with E-state index in [9.17, 15) is 18.3 Å². The van der Waals surface area contributed by atoms with Gasteiger partial charge in [0.25, 0.3) is 5.91 Å². The molecule has 1 unspecified atom stereocenters. The molecule has 10 heteroatoms. The van der Waals surface area contributed by atoms with Gasteiger partial charge in [-0.1, -0.05) is 36.7 Å². The fourth-order valence-corrected chi connectivity index (χ4v) is 8.26. The van der Waals surface area contributed by atoms with Gasteiger partial charge >= 0.3 is 0 Å². The lowest BCUT2D eigenvalue weighted by atomic mass is 9.70. The number of fused-ring (bicyclic) bond motifs is 3. The summed E-state index contributed by atoms with van der Waals surface area (Å²) < 4.78 is 41.0. The highest BCUT2D eigenvalue weighted by atomic mass is 35.5. The van der Waals surface area contributed by atoms with Crippen LogP contribution in [-0.2, 0) is 27.8 Å². The van der Waals surface area contributed by atoms with Crippen LogP contribution >= 0.6 is 11.6 Å². The minimum absolute atomic E-state index is 0.0984. The summed E-state index contributed by atoms with van der Waals surface area (Å²) in [4.78, 5) is 15.7. The molecule has 2 aliphatic heterocycles. The van der Waals surface area contributed by atoms with Crippen molar-refractivity contribution in [2.24, 2.45) is 11.8 Å². The average Bonchev–Trinajstić information content (AvgIpc) is 2.97. The molecule has 8 nitrogen and oxygen atoms in total. The van der Waals surface area contributed by atoms with Gasteiger partial charge in [-0.2, -0.15) is 0 Å². The number of nitrogens with one attached hydrogen (secondary N) is 1. The molecule has 2 aromatic rings. The Labute approximate surface area is 254 Å². The number of nitrogens with zero attached hydrogens (tertiary/aromatic N) is 1. The molecule has 0 saturated heterocycles. The molecule has 1 amide bonds. The van der Waals surface area contributed by atoms with E-state index in [-0.39, 0.29) is 23.8 Å². The summed E-state index contributed by atoms with van der Waals surface area (Å²) in [6.45, 7) is 3.54. The highest BCUT2D eigenvalue weighted by molar-refractivity contribution is 7.90. The number of halogens is 1. The smallest absolute Gasteiger partial charge is 0.264 e. The van der Waals surface area contributed by atoms with E-state index in [1.807, 2.05) is 24.3 Å². The number of methoxy groups -OCH3 is 1. The summed E-state index contributed by atoms with van der Waals surface area (Å²) >= 11 is 6.30. The molecule has 5 atom stereocenters. The number of aliphatic hydroxyl groups is 1. The molecule has 42 heavy (non-hydrogen) atoms. The standard InChI is InChI=1S/C32H41ClN2O6S/c1-3-31-30(40-2)9-6-8-28(36)26-14-11-23(26)19-35-16-5-4-7-21-17-25(33)13-10-24(21)20-41-29-15-12-22(18-27(29)35)32(37)34-42(31,38)39/h6,8,10,12-13,15,17-18,23,26,28,30-31,36H,3-5,7,9,11,14,16,19-20H2,1-2H3,(H,34,37)/b8-6+/t23?,26-,28+,30-,31+/m1/s1. The molecule has 1 saturated carbocycles. The van der Waals surface area contributed by atoms with Crippen LogP contribution in [0.4, 0.5) is 5.69 Å². The fourth-order valence-electron chi connectivity index (χ4n) is 6.47. The van der Waals surface area contributed by atoms with E-state index in [1.165, 1.54) is 7.11 Å². The number of aryl methyl sites for hydroxylation is 1. The number of sulfonamides is 1. The van der Waals surface area contributed by atoms with Gasteiger partial charge in [0, 0.05) is 30.8 Å². The number of carbonyl (C=O) groups excluding carboxylic acids is 1. The van der Waals surface area contributed by atoms with Gasteiger partial charge in [0.15, 0.2) is 0 Å². The van der Waals surface area contributed by atoms with Crippen molar-refractivity contribution in [1.29, 1.82) is 0 Å². The maximum Gasteiger partial charge on any atom is 0.264 e. The predicted octanol–water partition coefficient (Wildman–Crippen LogP) is 5.26. The van der Waals surface area contributed by atoms with Crippen LogP contribution in [-0.4, -0.2) is 57.1 Å². The Morgan fingerprint density at radius 3 is 2.71 bits per heavy atom. The van der Waals surface area contributed by atoms with Gasteiger partial charge in [-0.25, -0.2) is 13.1 Å². The van der Waals surface area contributed by atoms with Gasteiger partial charge in [0.1, 0.15) is 17.6 Å². The van der Waals surface area contributed by atoms with E-state index >= 15 is 0 Å². The summed E-state index contributed by atoms with van der Waals surface area (Å²) in [6, 6.07) is 11.0. The first-order chi connectivity index (χ1) is 20.2. The Kier molecular flexibility index (Phi) is 9.82. The summed E-state index contributed by atoms with van der Waals surface area (Å²) in [6.07, 6.45) is 7.54. The van der Waals surface area contributed by atoms with Crippen molar-refractivity contribution < 1.29 is 27.8 Å². The largest absolute Gasteiger partial charge is 0.487 e. The Balaban J connectivity index is 1.55. The normalized spacial score (nSPS) is 29.0. The third kappa shape index (κ3) is 6.80. The maximum absolute atomic E-state index is 13.4. The number of amides is 1. The first-order valence-corrected chi connectivity index (χ1v) is 16.8. The number of hydrogen-bond donors (Lipinski definition) is 2. The van der Waals surface area contributed by atoms with Crippen molar-refractivity contribution in [3.05, 3.63) is 70.3 Å². The highest BCUT2D eigenvalue weighted by Crippen LogP contribution is 2.41. The van der Waals surface area contributed by atoms with E-state index in [0.29, 0.717) is 30.3 Å². The molecule has 2 heterocycles. The second-order valence-electron chi connectivity index (χ2n) is 11.6. The van der Waals surface area contributed by atoms with Crippen molar-refractivity contribution in [2.45, 2.75) is 75.9 Å². The van der Waals surface area contributed by atoms with Crippen LogP contribution in [0.25, 0.3) is 0 Å². The Morgan fingerprint density at radius 2 is 1.98 bits per heavy atom. The lowest BCUT2D eigenvalue weighted by Crippen LogP contribution is -2.45. The monoisotopic (exact) mass is 616 g/mol. The van der Waals surface area contributed by atoms with Crippen molar-refractivity contribution in [3.63, 3.8) is 0 Å². The molecule has 2 bridgehead atoms. The van der Waals surface area contributed by atoms with E-state index < -0.39 is 33.4 Å². The molecular weight excluding hydrogens is 576 g/mol. The van der Waals surface area contributed by atoms with Crippen LogP contribution in [0, 0.1) is 11.8 Å². The number of rotatable bonds is 2. The van der Waals surface area contributed by atoms with Crippen LogP contribution < -0.4 is 14.4 Å². The third-order valence-electron chi connectivity index (χ3n) is 9.06. The zero-order valence-electron chi connectivity index (χ0n) is 24.3. The van der Waals surface area contributed by atoms with Crippen LogP contribution in [0.3, 0.4) is 0 Å². The van der Waals surface area contributed by atoms with Gasteiger partial charge in [-0.3, -0.25) is 4.79 Å². The van der Waals surface area contributed by atoms with E-state index in [2.05, 4.69) is 9.62 Å². The molecular formula is C32H41ClN2O6S. The van der Waals surface area contributed by atoms with Crippen LogP contribution in [0.2, 0.25) is 5.02 Å². The molecule has 2 N–H and O–H groups in total. The molecule has 0 aromatic heterocycles. The lowest BCUT2D eigenvalue weighted by Gasteiger charge is -2.42. The van der Waals surface area contributed by atoms with Crippen molar-refractivity contribution >= 4 is 33.2 Å². The number of benzene rings is 2. The number of ether oxygens (including phenoxy) is 2. The van der Waals surface area contributed by atoms with Crippen molar-refractivity contribution in [2.75, 3.05) is 25.1 Å². The van der Waals surface area contributed by atoms with E-state index in [0.717, 1.165) is 55.5 Å². The Hall–Kier alpha value is -2.59. The zero-order chi connectivity index (χ0) is 29.9. The van der Waals surface area contributed by atoms with Gasteiger partial charge < -0.3 is 19.5 Å². The lowest BCUT2D eigenvalue weighted by molar-refractivity contribution is 0.0456. The summed E-state index contributed by atoms with van der Waals surface area (Å²) in [5, 5.41) is 10.8. The van der Waals surface area contributed by atoms with E-state index in [4.69, 9.17) is 21.1 Å². The molecule has 0 radical (unpaired) electrons. The minimum atomic E-state index is -4.06. The molecule has 228 valence electrons. The number of hydrogen-bond acceptors (Lipinski definition) is 7. The van der Waals surface area contributed by atoms with Gasteiger partial charge in [0.2, 0.25) is 10.0 Å². The molecule has 0 spiro atoms. The van der Waals surface area contributed by atoms with Crippen molar-refractivity contribution in [3.8, 4) is 5.75 Å². The molecule has 1 fully saturated rings. The second kappa shape index (κ2) is 13.4. The number of anilines is 1. The first kappa shape index (κ1) is 30.9. The number of aliphatic hydroxyl groups excluding tert-OH is 1. The predicted molar refractivity (Wildman–Crippen MR) is 165 cm³/mol. The van der Waals surface area contributed by atoms with Gasteiger partial charge in [-0.15, -0.1) is 0 Å². The average molecular weight is 617 g/mol. The summed E-state index contributed by atoms with van der Waals surface area (Å²) in [5.41, 5.74) is 3.22. The molecule has 5 rings (SSSR count). The fraction of sp³-hybridized carbons (Fsp3) is 0.531. The zero-order valence-corrected chi connectivity index (χ0v) is 25.9. The SMILES string of the molecule is CC[C@H]1[C@H](OC)C/C=C/[C@H](O)[C@@H]2CCC2CN2CCCCc3cc(Cl)ccc3COc3ccc(cc32)C(=O)NS1(=O)=O.